The fourth-order valence-corrected chi connectivity index (χ4v) is 8.01. The summed E-state index contributed by atoms with van der Waals surface area (Å²) in [6.07, 6.45) is 16.8. The van der Waals surface area contributed by atoms with Crippen molar-refractivity contribution in [2.45, 2.75) is 64.5 Å². The van der Waals surface area contributed by atoms with Gasteiger partial charge in [0.2, 0.25) is 11.8 Å². The van der Waals surface area contributed by atoms with E-state index in [0.717, 1.165) is 83.8 Å². The van der Waals surface area contributed by atoms with Crippen LogP contribution in [0.4, 0.5) is 0 Å². The highest BCUT2D eigenvalue weighted by molar-refractivity contribution is 6.39. The molecule has 56 heavy (non-hydrogen) atoms. The molecule has 0 spiro atoms. The van der Waals surface area contributed by atoms with Crippen LogP contribution >= 0.6 is 23.2 Å². The average Bonchev–Trinajstić information content (AvgIpc) is 4.12. The number of aromatic nitrogens is 4. The molecule has 0 unspecified atom stereocenters. The highest BCUT2D eigenvalue weighted by Gasteiger charge is 2.27. The molecule has 0 radical (unpaired) electrons. The van der Waals surface area contributed by atoms with Crippen LogP contribution < -0.4 is 20.1 Å². The lowest BCUT2D eigenvalue weighted by Gasteiger charge is -2.22. The Labute approximate surface area is 339 Å². The Morgan fingerprint density at radius 3 is 1.43 bits per heavy atom. The Bertz CT molecular complexity index is 2060. The number of benzene rings is 2. The van der Waals surface area contributed by atoms with Gasteiger partial charge in [-0.1, -0.05) is 72.8 Å². The van der Waals surface area contributed by atoms with Crippen LogP contribution in [0.1, 0.15) is 62.8 Å². The van der Waals surface area contributed by atoms with Crippen LogP contribution in [0.25, 0.3) is 33.6 Å². The molecule has 0 bridgehead atoms. The first-order chi connectivity index (χ1) is 27.2. The first-order valence-electron chi connectivity index (χ1n) is 19.4. The predicted octanol–water partition coefficient (Wildman–Crippen LogP) is 9.49. The molecule has 10 nitrogen and oxygen atoms in total. The second-order valence-electron chi connectivity index (χ2n) is 15.3. The van der Waals surface area contributed by atoms with Gasteiger partial charge in [-0.05, 0) is 63.2 Å². The number of nitrogens with one attached hydrogen (secondary N) is 2. The molecule has 2 saturated carbocycles. The lowest BCUT2D eigenvalue weighted by Crippen LogP contribution is -2.23. The van der Waals surface area contributed by atoms with Crippen molar-refractivity contribution in [1.29, 1.82) is 0 Å². The van der Waals surface area contributed by atoms with E-state index < -0.39 is 0 Å². The summed E-state index contributed by atoms with van der Waals surface area (Å²) in [5.74, 6) is 2.34. The summed E-state index contributed by atoms with van der Waals surface area (Å²) >= 11 is 14.4. The number of hydrogen-bond donors (Lipinski definition) is 2. The Hall–Kier alpha value is -5.06. The summed E-state index contributed by atoms with van der Waals surface area (Å²) in [5, 5.41) is 7.83. The van der Waals surface area contributed by atoms with Crippen LogP contribution in [0, 0.1) is 11.8 Å². The number of nitrogens with zero attached hydrogens (tertiary/aromatic N) is 6. The van der Waals surface area contributed by atoms with Gasteiger partial charge in [-0.3, -0.25) is 9.97 Å². The zero-order valence-corrected chi connectivity index (χ0v) is 33.6. The fourth-order valence-electron chi connectivity index (χ4n) is 7.36. The maximum Gasteiger partial charge on any atom is 0.237 e. The van der Waals surface area contributed by atoms with Gasteiger partial charge in [0.05, 0.1) is 61.1 Å². The predicted molar refractivity (Wildman–Crippen MR) is 223 cm³/mol. The summed E-state index contributed by atoms with van der Waals surface area (Å²) in [4.78, 5) is 24.2. The average molecular weight is 792 g/mol. The Kier molecular flexibility index (Phi) is 11.2. The maximum absolute atomic E-state index is 7.20. The minimum Gasteiger partial charge on any atom is -0.480 e. The fraction of sp³-hybridized carbons (Fsp3) is 0.364. The quantitative estimate of drug-likeness (QED) is 0.121. The van der Waals surface area contributed by atoms with E-state index >= 15 is 0 Å². The summed E-state index contributed by atoms with van der Waals surface area (Å²) in [5.41, 5.74) is 10.2. The molecule has 8 rings (SSSR count). The third kappa shape index (κ3) is 8.82. The van der Waals surface area contributed by atoms with E-state index in [-0.39, 0.29) is 0 Å². The zero-order valence-electron chi connectivity index (χ0n) is 32.1. The number of hydrogen-bond acceptors (Lipinski definition) is 10. The molecule has 12 heteroatoms. The third-order valence-corrected chi connectivity index (χ3v) is 11.5. The smallest absolute Gasteiger partial charge is 0.237 e. The SMILES string of the molecule is C=C1CC/C(=C\N(Cc2ncc(-c3cccc(-c4cccc(-c5cnc(CN(/C=C6\CCC(=C)N6)CC6CC6)c(OC)n5)c4Cl)c3Cl)nc2OC)CC2CC2)N1. The minimum atomic E-state index is 0.469. The second-order valence-corrected chi connectivity index (χ2v) is 16.0. The van der Waals surface area contributed by atoms with Gasteiger partial charge in [-0.2, -0.15) is 0 Å². The van der Waals surface area contributed by atoms with Crippen LogP contribution in [-0.2, 0) is 13.1 Å². The molecule has 2 aliphatic carbocycles. The summed E-state index contributed by atoms with van der Waals surface area (Å²) < 4.78 is 11.6. The number of halogens is 2. The zero-order chi connectivity index (χ0) is 38.8. The molecule has 4 aliphatic rings. The van der Waals surface area contributed by atoms with E-state index in [9.17, 15) is 0 Å². The molecule has 2 saturated heterocycles. The molecule has 2 aromatic carbocycles. The van der Waals surface area contributed by atoms with E-state index in [2.05, 4.69) is 46.0 Å². The largest absolute Gasteiger partial charge is 0.480 e. The Morgan fingerprint density at radius 1 is 0.661 bits per heavy atom. The van der Waals surface area contributed by atoms with Gasteiger partial charge in [-0.15, -0.1) is 0 Å². The molecule has 2 aromatic heterocycles. The normalized spacial score (nSPS) is 18.0. The Morgan fingerprint density at radius 2 is 1.07 bits per heavy atom. The maximum atomic E-state index is 7.20. The third-order valence-electron chi connectivity index (χ3n) is 10.7. The summed E-state index contributed by atoms with van der Waals surface area (Å²) in [6.45, 7) is 11.3. The first-order valence-corrected chi connectivity index (χ1v) is 20.2. The molecule has 4 heterocycles. The van der Waals surface area contributed by atoms with Crippen molar-refractivity contribution in [2.24, 2.45) is 11.8 Å². The van der Waals surface area contributed by atoms with Crippen molar-refractivity contribution in [1.82, 2.24) is 40.4 Å². The van der Waals surface area contributed by atoms with E-state index in [1.807, 2.05) is 36.4 Å². The molecule has 4 aromatic rings. The Balaban J connectivity index is 1.04. The topological polar surface area (TPSA) is 101 Å². The van der Waals surface area contributed by atoms with E-state index in [4.69, 9.17) is 52.6 Å². The van der Waals surface area contributed by atoms with Gasteiger partial charge in [0.1, 0.15) is 11.4 Å². The van der Waals surface area contributed by atoms with Gasteiger partial charge < -0.3 is 29.9 Å². The molecular formula is C44H48Cl2N8O2. The number of ether oxygens (including phenoxy) is 2. The van der Waals surface area contributed by atoms with Crippen LogP contribution in [0.3, 0.4) is 0 Å². The number of allylic oxidation sites excluding steroid dienone is 4. The standard InChI is InChI=1S/C44H48Cl2N8O2/c1-27-11-17-31(49-27)23-53(21-29-13-14-29)25-39-43(55-3)51-37(19-47-39)35-9-5-7-33(41(35)45)34-8-6-10-36(42(34)46)38-20-48-40(44(52-38)56-4)26-54(22-30-15-16-30)24-32-18-12-28(2)50-32/h5-10,19-20,23-24,29-30,49-50H,1-2,11-18,21-22,25-26H2,3-4H3/b31-23+,32-24+. The van der Waals surface area contributed by atoms with Crippen LogP contribution in [0.2, 0.25) is 10.0 Å². The summed E-state index contributed by atoms with van der Waals surface area (Å²) in [7, 11) is 3.26. The van der Waals surface area contributed by atoms with Crippen molar-refractivity contribution in [3.8, 4) is 45.4 Å². The van der Waals surface area contributed by atoms with Crippen molar-refractivity contribution in [3.05, 3.63) is 119 Å². The van der Waals surface area contributed by atoms with Crippen molar-refractivity contribution in [2.75, 3.05) is 27.3 Å². The molecule has 290 valence electrons. The van der Waals surface area contributed by atoms with Crippen LogP contribution in [0.5, 0.6) is 11.8 Å². The van der Waals surface area contributed by atoms with Gasteiger partial charge in [0.15, 0.2) is 0 Å². The van der Waals surface area contributed by atoms with E-state index in [1.54, 1.807) is 26.6 Å². The lowest BCUT2D eigenvalue weighted by molar-refractivity contribution is 0.326. The minimum absolute atomic E-state index is 0.469. The van der Waals surface area contributed by atoms with Crippen molar-refractivity contribution >= 4 is 23.2 Å². The molecule has 0 atom stereocenters. The van der Waals surface area contributed by atoms with Gasteiger partial charge >= 0.3 is 0 Å². The second kappa shape index (κ2) is 16.6. The molecule has 4 fully saturated rings. The van der Waals surface area contributed by atoms with E-state index in [1.165, 1.54) is 37.1 Å². The lowest BCUT2D eigenvalue weighted by atomic mass is 9.98. The van der Waals surface area contributed by atoms with Gasteiger partial charge in [-0.25, -0.2) is 9.97 Å². The molecule has 0 amide bonds. The first kappa shape index (κ1) is 37.8. The molecule has 2 N–H and O–H groups in total. The van der Waals surface area contributed by atoms with Gasteiger partial charge in [0, 0.05) is 70.5 Å². The number of rotatable bonds is 15. The number of methoxy groups -OCH3 is 2. The highest BCUT2D eigenvalue weighted by Crippen LogP contribution is 2.42. The summed E-state index contributed by atoms with van der Waals surface area (Å²) in [6, 6.07) is 11.7. The van der Waals surface area contributed by atoms with Gasteiger partial charge in [0.25, 0.3) is 0 Å². The van der Waals surface area contributed by atoms with E-state index in [0.29, 0.717) is 58.1 Å². The highest BCUT2D eigenvalue weighted by atomic mass is 35.5. The molecular weight excluding hydrogens is 743 g/mol. The van der Waals surface area contributed by atoms with Crippen molar-refractivity contribution < 1.29 is 9.47 Å². The van der Waals surface area contributed by atoms with Crippen LogP contribution in [0.15, 0.2) is 97.1 Å². The monoisotopic (exact) mass is 790 g/mol. The van der Waals surface area contributed by atoms with Crippen molar-refractivity contribution in [3.63, 3.8) is 0 Å². The van der Waals surface area contributed by atoms with Crippen LogP contribution in [-0.4, -0.2) is 57.0 Å². The molecule has 2 aliphatic heterocycles.